The number of nitrogens with one attached hydrogen (secondary N) is 1. The zero-order chi connectivity index (χ0) is 17.4. The first kappa shape index (κ1) is 16.6. The van der Waals surface area contributed by atoms with Gasteiger partial charge in [0, 0.05) is 35.6 Å². The average molecular weight is 384 g/mol. The van der Waals surface area contributed by atoms with Crippen LogP contribution in [0.1, 0.15) is 11.1 Å². The van der Waals surface area contributed by atoms with Crippen molar-refractivity contribution in [2.75, 3.05) is 11.9 Å². The number of nitrogens with zero attached hydrogens (tertiary/aromatic N) is 4. The Morgan fingerprint density at radius 2 is 2.33 bits per heavy atom. The highest BCUT2D eigenvalue weighted by Gasteiger charge is 2.26. The Balaban J connectivity index is 2.06. The monoisotopic (exact) mass is 383 g/mol. The van der Waals surface area contributed by atoms with Gasteiger partial charge >= 0.3 is 6.09 Å². The van der Waals surface area contributed by atoms with Crippen molar-refractivity contribution in [3.05, 3.63) is 33.3 Å². The zero-order valence-corrected chi connectivity index (χ0v) is 14.7. The lowest BCUT2D eigenvalue weighted by atomic mass is 10.2. The molecule has 24 heavy (non-hydrogen) atoms. The maximum atomic E-state index is 11.3. The lowest BCUT2D eigenvalue weighted by molar-refractivity contribution is 0.171. The third-order valence-electron chi connectivity index (χ3n) is 3.45. The zero-order valence-electron chi connectivity index (χ0n) is 12.4. The Kier molecular flexibility index (Phi) is 4.41. The Morgan fingerprint density at radius 1 is 1.58 bits per heavy atom. The van der Waals surface area contributed by atoms with Crippen LogP contribution in [0.4, 0.5) is 9.80 Å². The van der Waals surface area contributed by atoms with E-state index in [4.69, 9.17) is 23.2 Å². The Labute approximate surface area is 150 Å². The predicted molar refractivity (Wildman–Crippen MR) is 92.1 cm³/mol. The van der Waals surface area contributed by atoms with Gasteiger partial charge < -0.3 is 10.4 Å². The van der Waals surface area contributed by atoms with Crippen molar-refractivity contribution in [1.29, 1.82) is 5.26 Å². The third-order valence-corrected chi connectivity index (χ3v) is 5.42. The molecule has 7 nitrogen and oxygen atoms in total. The Bertz CT molecular complexity index is 988. The number of halogens is 2. The maximum absolute atomic E-state index is 11.3. The van der Waals surface area contributed by atoms with E-state index >= 15 is 0 Å². The number of aryl methyl sites for hydroxylation is 1. The van der Waals surface area contributed by atoms with Gasteiger partial charge in [0.25, 0.3) is 0 Å². The molecule has 2 N–H and O–H groups in total. The lowest BCUT2D eigenvalue weighted by Crippen LogP contribution is -2.41. The minimum atomic E-state index is -1.19. The van der Waals surface area contributed by atoms with Gasteiger partial charge in [0.05, 0.1) is 22.8 Å². The number of anilines is 1. The van der Waals surface area contributed by atoms with E-state index in [-0.39, 0.29) is 16.7 Å². The summed E-state index contributed by atoms with van der Waals surface area (Å²) in [4.78, 5) is 12.2. The molecule has 0 radical (unpaired) electrons. The van der Waals surface area contributed by atoms with E-state index in [9.17, 15) is 15.2 Å². The molecule has 10 heteroatoms. The van der Waals surface area contributed by atoms with Crippen LogP contribution in [-0.2, 0) is 13.6 Å². The van der Waals surface area contributed by atoms with Gasteiger partial charge in [-0.05, 0) is 0 Å². The second kappa shape index (κ2) is 6.36. The van der Waals surface area contributed by atoms with Gasteiger partial charge in [-0.3, -0.25) is 9.58 Å². The van der Waals surface area contributed by atoms with Gasteiger partial charge in [-0.2, -0.15) is 10.4 Å². The van der Waals surface area contributed by atoms with E-state index in [0.717, 1.165) is 10.5 Å². The highest BCUT2D eigenvalue weighted by molar-refractivity contribution is 7.14. The van der Waals surface area contributed by atoms with E-state index in [1.807, 2.05) is 13.2 Å². The van der Waals surface area contributed by atoms with Crippen molar-refractivity contribution in [3.8, 4) is 6.07 Å². The second-order valence-corrected chi connectivity index (χ2v) is 6.90. The van der Waals surface area contributed by atoms with Crippen molar-refractivity contribution < 1.29 is 9.90 Å². The number of rotatable bonds is 3. The third kappa shape index (κ3) is 2.82. The van der Waals surface area contributed by atoms with Gasteiger partial charge in [-0.25, -0.2) is 4.79 Å². The fraction of sp³-hybridized carbons (Fsp3) is 0.214. The first-order valence-electron chi connectivity index (χ1n) is 6.75. The molecule has 0 unspecified atom stereocenters. The smallest absolute Gasteiger partial charge is 0.412 e. The van der Waals surface area contributed by atoms with Crippen molar-refractivity contribution >= 4 is 55.8 Å². The number of carboxylic acid groups (broad SMARTS) is 1. The summed E-state index contributed by atoms with van der Waals surface area (Å²) in [5.41, 5.74) is 1.32. The fourth-order valence-electron chi connectivity index (χ4n) is 2.37. The second-order valence-electron chi connectivity index (χ2n) is 5.06. The molecule has 1 aliphatic heterocycles. The molecule has 1 aliphatic rings. The summed E-state index contributed by atoms with van der Waals surface area (Å²) in [5.74, 6) is 0. The molecule has 0 saturated carbocycles. The molecule has 3 heterocycles. The van der Waals surface area contributed by atoms with Crippen molar-refractivity contribution in [1.82, 2.24) is 14.7 Å². The molecular formula is C14H11Cl2N5O2S. The summed E-state index contributed by atoms with van der Waals surface area (Å²) in [6, 6.07) is 2.12. The van der Waals surface area contributed by atoms with E-state index in [1.54, 1.807) is 10.9 Å². The summed E-state index contributed by atoms with van der Waals surface area (Å²) in [7, 11) is 1.82. The maximum Gasteiger partial charge on any atom is 0.412 e. The van der Waals surface area contributed by atoms with Crippen LogP contribution in [0, 0.1) is 11.3 Å². The van der Waals surface area contributed by atoms with Crippen LogP contribution < -0.4 is 15.1 Å². The molecule has 0 saturated heterocycles. The summed E-state index contributed by atoms with van der Waals surface area (Å²) in [6.45, 7) is 0.399. The van der Waals surface area contributed by atoms with Gasteiger partial charge in [-0.15, -0.1) is 11.3 Å². The van der Waals surface area contributed by atoms with Crippen LogP contribution >= 0.6 is 34.5 Å². The molecule has 1 amide bonds. The largest absolute Gasteiger partial charge is 0.465 e. The number of hydrogen-bond donors (Lipinski definition) is 2. The highest BCUT2D eigenvalue weighted by atomic mass is 35.5. The van der Waals surface area contributed by atoms with Gasteiger partial charge in [0.2, 0.25) is 0 Å². The first-order valence-corrected chi connectivity index (χ1v) is 8.33. The minimum Gasteiger partial charge on any atom is -0.465 e. The van der Waals surface area contributed by atoms with Crippen molar-refractivity contribution in [3.63, 3.8) is 0 Å². The van der Waals surface area contributed by atoms with E-state index in [1.165, 1.54) is 11.3 Å². The van der Waals surface area contributed by atoms with Crippen LogP contribution in [0.25, 0.3) is 10.2 Å². The summed E-state index contributed by atoms with van der Waals surface area (Å²) in [6.07, 6.45) is 2.38. The molecular weight excluding hydrogens is 373 g/mol. The van der Waals surface area contributed by atoms with Crippen LogP contribution in [0.5, 0.6) is 0 Å². The SMILES string of the molecule is Cn1cc(CNc2sc3c(c2C#N)=C(Cl)CN(C(=O)O)C=3Cl)cn1. The fourth-order valence-corrected chi connectivity index (χ4v) is 4.20. The van der Waals surface area contributed by atoms with Gasteiger partial charge in [0.15, 0.2) is 0 Å². The number of fused-ring (bicyclic) bond motifs is 1. The molecule has 0 bridgehead atoms. The molecule has 0 atom stereocenters. The Morgan fingerprint density at radius 3 is 2.92 bits per heavy atom. The van der Waals surface area contributed by atoms with Crippen molar-refractivity contribution in [2.45, 2.75) is 6.54 Å². The standard InChI is InChI=1S/C14H11Cl2N5O2S/c1-20-5-7(4-19-20)3-18-13-8(2-17)10-9(15)6-21(14(22)23)12(16)11(10)24-13/h4-5,18H,3,6H2,1H3,(H,22,23). The quantitative estimate of drug-likeness (QED) is 0.785. The van der Waals surface area contributed by atoms with Gasteiger partial charge in [-0.1, -0.05) is 23.2 Å². The molecule has 0 aromatic carbocycles. The molecule has 2 aromatic rings. The van der Waals surface area contributed by atoms with Crippen LogP contribution in [0.2, 0.25) is 0 Å². The summed E-state index contributed by atoms with van der Waals surface area (Å²) in [5, 5.41) is 27.4. The predicted octanol–water partition coefficient (Wildman–Crippen LogP) is 1.61. The van der Waals surface area contributed by atoms with Gasteiger partial charge in [0.1, 0.15) is 16.2 Å². The number of aromatic nitrogens is 2. The number of nitriles is 1. The van der Waals surface area contributed by atoms with Crippen LogP contribution in [-0.4, -0.2) is 32.4 Å². The Hall–Kier alpha value is -2.21. The molecule has 0 spiro atoms. The van der Waals surface area contributed by atoms with E-state index in [0.29, 0.717) is 26.9 Å². The van der Waals surface area contributed by atoms with Crippen molar-refractivity contribution in [2.24, 2.45) is 7.05 Å². The number of thiophene rings is 1. The average Bonchev–Trinajstić information content (AvgIpc) is 3.12. The van der Waals surface area contributed by atoms with E-state index in [2.05, 4.69) is 16.5 Å². The normalized spacial score (nSPS) is 13.7. The first-order chi connectivity index (χ1) is 11.4. The van der Waals surface area contributed by atoms with E-state index < -0.39 is 6.09 Å². The topological polar surface area (TPSA) is 94.2 Å². The highest BCUT2D eigenvalue weighted by Crippen LogP contribution is 2.24. The molecule has 124 valence electrons. The number of amides is 1. The van der Waals surface area contributed by atoms with Crippen LogP contribution in [0.15, 0.2) is 12.4 Å². The molecule has 2 aromatic heterocycles. The molecule has 0 aliphatic carbocycles. The number of hydrogen-bond acceptors (Lipinski definition) is 5. The molecule has 0 fully saturated rings. The minimum absolute atomic E-state index is 0.0535. The summed E-state index contributed by atoms with van der Waals surface area (Å²) < 4.78 is 2.15. The van der Waals surface area contributed by atoms with Crippen LogP contribution in [0.3, 0.4) is 0 Å². The number of carbonyl (C=O) groups is 1. The summed E-state index contributed by atoms with van der Waals surface area (Å²) >= 11 is 13.6. The lowest BCUT2D eigenvalue weighted by Gasteiger charge is -2.20. The molecule has 3 rings (SSSR count).